The minimum atomic E-state index is -0.151. The summed E-state index contributed by atoms with van der Waals surface area (Å²) in [5, 5.41) is 9.94. The van der Waals surface area contributed by atoms with Crippen LogP contribution in [0.15, 0.2) is 54.6 Å². The van der Waals surface area contributed by atoms with E-state index in [0.29, 0.717) is 40.2 Å². The molecule has 0 saturated carbocycles. The fourth-order valence-corrected chi connectivity index (χ4v) is 3.56. The minimum Gasteiger partial charge on any atom is -0.504 e. The van der Waals surface area contributed by atoms with Crippen LogP contribution in [0.3, 0.4) is 0 Å². The Kier molecular flexibility index (Phi) is 4.35. The van der Waals surface area contributed by atoms with Crippen molar-refractivity contribution in [2.45, 2.75) is 6.42 Å². The van der Waals surface area contributed by atoms with Gasteiger partial charge in [-0.3, -0.25) is 9.59 Å². The van der Waals surface area contributed by atoms with Gasteiger partial charge in [-0.2, -0.15) is 0 Å². The van der Waals surface area contributed by atoms with Crippen LogP contribution < -0.4 is 9.47 Å². The number of ether oxygens (including phenoxy) is 2. The average molecular weight is 374 g/mol. The third-order valence-corrected chi connectivity index (χ3v) is 4.97. The van der Waals surface area contributed by atoms with Gasteiger partial charge in [0, 0.05) is 40.3 Å². The van der Waals surface area contributed by atoms with Gasteiger partial charge in [-0.25, -0.2) is 0 Å². The van der Waals surface area contributed by atoms with E-state index in [1.807, 2.05) is 6.07 Å². The fourth-order valence-electron chi connectivity index (χ4n) is 3.56. The number of fused-ring (bicyclic) bond motifs is 2. The molecular weight excluding hydrogens is 356 g/mol. The van der Waals surface area contributed by atoms with Crippen molar-refractivity contribution in [1.29, 1.82) is 0 Å². The number of rotatable bonds is 4. The van der Waals surface area contributed by atoms with Crippen LogP contribution in [0.2, 0.25) is 0 Å². The molecule has 0 saturated heterocycles. The van der Waals surface area contributed by atoms with Crippen molar-refractivity contribution in [3.63, 3.8) is 0 Å². The largest absolute Gasteiger partial charge is 0.504 e. The molecule has 0 bridgehead atoms. The molecule has 0 atom stereocenters. The normalized spacial score (nSPS) is 12.4. The fraction of sp³-hybridized carbons (Fsp3) is 0.130. The number of hydrogen-bond acceptors (Lipinski definition) is 5. The standard InChI is InChI=1S/C23H18O5/c1-27-20-12-19(24)21(28-2)11-14(20)9-13-7-8-17-18(10-13)23(26)16-6-4-3-5-15(16)22(17)25/h3-8,10-12,24H,9H2,1-2H3. The van der Waals surface area contributed by atoms with E-state index in [-0.39, 0.29) is 17.3 Å². The Morgan fingerprint density at radius 2 is 1.36 bits per heavy atom. The monoisotopic (exact) mass is 374 g/mol. The van der Waals surface area contributed by atoms with Crippen molar-refractivity contribution in [3.05, 3.63) is 88.0 Å². The average Bonchev–Trinajstić information content (AvgIpc) is 2.73. The molecule has 0 unspecified atom stereocenters. The van der Waals surface area contributed by atoms with Gasteiger partial charge in [0.25, 0.3) is 0 Å². The Hall–Kier alpha value is -3.60. The van der Waals surface area contributed by atoms with Gasteiger partial charge in [0.05, 0.1) is 14.2 Å². The number of carbonyl (C=O) groups is 2. The van der Waals surface area contributed by atoms with Crippen molar-refractivity contribution < 1.29 is 24.2 Å². The summed E-state index contributed by atoms with van der Waals surface area (Å²) in [6.07, 6.45) is 0.455. The Bertz CT molecular complexity index is 1110. The Morgan fingerprint density at radius 3 is 2.00 bits per heavy atom. The van der Waals surface area contributed by atoms with Crippen LogP contribution >= 0.6 is 0 Å². The summed E-state index contributed by atoms with van der Waals surface area (Å²) in [6.45, 7) is 0. The van der Waals surface area contributed by atoms with Crippen molar-refractivity contribution in [3.8, 4) is 17.2 Å². The maximum absolute atomic E-state index is 12.9. The van der Waals surface area contributed by atoms with Crippen LogP contribution in [-0.2, 0) is 6.42 Å². The lowest BCUT2D eigenvalue weighted by atomic mass is 9.83. The number of phenols is 1. The third kappa shape index (κ3) is 2.81. The van der Waals surface area contributed by atoms with Gasteiger partial charge in [-0.05, 0) is 17.7 Å². The molecule has 0 radical (unpaired) electrons. The Labute approximate surface area is 162 Å². The number of ketones is 2. The summed E-state index contributed by atoms with van der Waals surface area (Å²) in [4.78, 5) is 25.6. The molecule has 4 rings (SSSR count). The summed E-state index contributed by atoms with van der Waals surface area (Å²) in [7, 11) is 3.00. The molecule has 3 aromatic carbocycles. The molecule has 1 aliphatic carbocycles. The van der Waals surface area contributed by atoms with Crippen molar-refractivity contribution in [1.82, 2.24) is 0 Å². The zero-order chi connectivity index (χ0) is 19.8. The molecule has 0 heterocycles. The molecule has 0 fully saturated rings. The van der Waals surface area contributed by atoms with E-state index in [2.05, 4.69) is 0 Å². The number of methoxy groups -OCH3 is 2. The SMILES string of the molecule is COc1cc(Cc2ccc3c(c2)C(=O)c2ccccc2C3=O)c(OC)cc1O. The Morgan fingerprint density at radius 1 is 0.750 bits per heavy atom. The molecule has 0 amide bonds. The molecular formula is C23H18O5. The quantitative estimate of drug-likeness (QED) is 0.589. The maximum Gasteiger partial charge on any atom is 0.194 e. The molecule has 5 nitrogen and oxygen atoms in total. The Balaban J connectivity index is 1.75. The molecule has 0 spiro atoms. The van der Waals surface area contributed by atoms with E-state index in [0.717, 1.165) is 11.1 Å². The molecule has 1 aliphatic rings. The summed E-state index contributed by atoms with van der Waals surface area (Å²) >= 11 is 0. The zero-order valence-electron chi connectivity index (χ0n) is 15.5. The first-order valence-electron chi connectivity index (χ1n) is 8.78. The van der Waals surface area contributed by atoms with E-state index >= 15 is 0 Å². The van der Waals surface area contributed by atoms with Crippen LogP contribution in [0.4, 0.5) is 0 Å². The van der Waals surface area contributed by atoms with E-state index < -0.39 is 0 Å². The molecule has 28 heavy (non-hydrogen) atoms. The first-order valence-corrected chi connectivity index (χ1v) is 8.78. The van der Waals surface area contributed by atoms with Crippen molar-refractivity contribution in [2.24, 2.45) is 0 Å². The van der Waals surface area contributed by atoms with Gasteiger partial charge in [0.1, 0.15) is 5.75 Å². The molecule has 1 N–H and O–H groups in total. The van der Waals surface area contributed by atoms with Crippen molar-refractivity contribution >= 4 is 11.6 Å². The van der Waals surface area contributed by atoms with E-state index in [1.165, 1.54) is 20.3 Å². The number of hydrogen-bond donors (Lipinski definition) is 1. The van der Waals surface area contributed by atoms with Crippen LogP contribution in [0.1, 0.15) is 43.0 Å². The predicted octanol–water partition coefficient (Wildman–Crippen LogP) is 3.78. The van der Waals surface area contributed by atoms with Crippen LogP contribution in [0.25, 0.3) is 0 Å². The van der Waals surface area contributed by atoms with E-state index in [1.54, 1.807) is 42.5 Å². The minimum absolute atomic E-state index is 0.00841. The first-order chi connectivity index (χ1) is 13.5. The number of aromatic hydroxyl groups is 1. The summed E-state index contributed by atoms with van der Waals surface area (Å²) < 4.78 is 10.5. The summed E-state index contributed by atoms with van der Waals surface area (Å²) in [5.41, 5.74) is 3.35. The maximum atomic E-state index is 12.9. The van der Waals surface area contributed by atoms with Gasteiger partial charge >= 0.3 is 0 Å². The van der Waals surface area contributed by atoms with E-state index in [9.17, 15) is 14.7 Å². The topological polar surface area (TPSA) is 72.8 Å². The number of benzene rings is 3. The number of phenolic OH excluding ortho intramolecular Hbond substituents is 1. The second-order valence-electron chi connectivity index (χ2n) is 6.60. The van der Waals surface area contributed by atoms with Gasteiger partial charge in [0.2, 0.25) is 0 Å². The second-order valence-corrected chi connectivity index (χ2v) is 6.60. The lowest BCUT2D eigenvalue weighted by molar-refractivity contribution is 0.0979. The third-order valence-electron chi connectivity index (χ3n) is 4.97. The molecule has 0 aliphatic heterocycles. The highest BCUT2D eigenvalue weighted by Crippen LogP contribution is 2.35. The van der Waals surface area contributed by atoms with Gasteiger partial charge in [0.15, 0.2) is 23.1 Å². The highest BCUT2D eigenvalue weighted by Gasteiger charge is 2.29. The van der Waals surface area contributed by atoms with Crippen molar-refractivity contribution in [2.75, 3.05) is 14.2 Å². The smallest absolute Gasteiger partial charge is 0.194 e. The summed E-state index contributed by atoms with van der Waals surface area (Å²) in [6, 6.07) is 15.4. The van der Waals surface area contributed by atoms with Gasteiger partial charge in [-0.1, -0.05) is 36.4 Å². The number of carbonyl (C=O) groups excluding carboxylic acids is 2. The molecule has 0 aromatic heterocycles. The molecule has 140 valence electrons. The van der Waals surface area contributed by atoms with Gasteiger partial charge in [-0.15, -0.1) is 0 Å². The second kappa shape index (κ2) is 6.85. The predicted molar refractivity (Wildman–Crippen MR) is 104 cm³/mol. The van der Waals surface area contributed by atoms with Crippen LogP contribution in [0, 0.1) is 0 Å². The zero-order valence-corrected chi connectivity index (χ0v) is 15.5. The highest BCUT2D eigenvalue weighted by atomic mass is 16.5. The molecule has 5 heteroatoms. The highest BCUT2D eigenvalue weighted by molar-refractivity contribution is 6.28. The van der Waals surface area contributed by atoms with Crippen LogP contribution in [-0.4, -0.2) is 30.9 Å². The van der Waals surface area contributed by atoms with E-state index in [4.69, 9.17) is 9.47 Å². The van der Waals surface area contributed by atoms with Crippen LogP contribution in [0.5, 0.6) is 17.2 Å². The molecule has 3 aromatic rings. The lowest BCUT2D eigenvalue weighted by Gasteiger charge is -2.18. The first kappa shape index (κ1) is 17.8. The van der Waals surface area contributed by atoms with Gasteiger partial charge < -0.3 is 14.6 Å². The summed E-state index contributed by atoms with van der Waals surface area (Å²) in [5.74, 6) is 0.562. The lowest BCUT2D eigenvalue weighted by Crippen LogP contribution is -2.21.